The van der Waals surface area contributed by atoms with Gasteiger partial charge >= 0.3 is 0 Å². The van der Waals surface area contributed by atoms with Crippen molar-refractivity contribution in [2.75, 3.05) is 13.2 Å². The Hall–Kier alpha value is -0.120. The van der Waals surface area contributed by atoms with Crippen molar-refractivity contribution in [1.29, 1.82) is 0 Å². The summed E-state index contributed by atoms with van der Waals surface area (Å²) in [7, 11) is 0. The Bertz CT molecular complexity index is 131. The third-order valence-electron chi connectivity index (χ3n) is 2.71. The van der Waals surface area contributed by atoms with Gasteiger partial charge in [0.2, 0.25) is 0 Å². The minimum absolute atomic E-state index is 0.102. The number of hydrogen-bond acceptors (Lipinski definition) is 3. The van der Waals surface area contributed by atoms with Gasteiger partial charge in [0.15, 0.2) is 0 Å². The van der Waals surface area contributed by atoms with Crippen molar-refractivity contribution in [2.24, 2.45) is 5.92 Å². The molecule has 0 bridgehead atoms. The molecule has 0 radical (unpaired) electrons. The summed E-state index contributed by atoms with van der Waals surface area (Å²) in [5, 5.41) is 21.9. The molecule has 0 heterocycles. The SMILES string of the molecule is CCC(CO)NCC(C)(O)C(C)C. The summed E-state index contributed by atoms with van der Waals surface area (Å²) in [4.78, 5) is 0. The van der Waals surface area contributed by atoms with Gasteiger partial charge in [-0.05, 0) is 19.3 Å². The second-order valence-electron chi connectivity index (χ2n) is 4.18. The van der Waals surface area contributed by atoms with E-state index in [2.05, 4.69) is 5.32 Å². The molecule has 0 aromatic carbocycles. The molecule has 0 aliphatic carbocycles. The second-order valence-corrected chi connectivity index (χ2v) is 4.18. The third-order valence-corrected chi connectivity index (χ3v) is 2.71. The summed E-state index contributed by atoms with van der Waals surface area (Å²) in [6.07, 6.45) is 0.880. The van der Waals surface area contributed by atoms with Crippen LogP contribution in [0.4, 0.5) is 0 Å². The zero-order valence-electron chi connectivity index (χ0n) is 9.17. The highest BCUT2D eigenvalue weighted by Gasteiger charge is 2.25. The average molecular weight is 189 g/mol. The Morgan fingerprint density at radius 3 is 2.23 bits per heavy atom. The van der Waals surface area contributed by atoms with Crippen molar-refractivity contribution in [3.05, 3.63) is 0 Å². The van der Waals surface area contributed by atoms with Gasteiger partial charge in [-0.15, -0.1) is 0 Å². The van der Waals surface area contributed by atoms with Crippen LogP contribution in [0.5, 0.6) is 0 Å². The Balaban J connectivity index is 3.85. The van der Waals surface area contributed by atoms with Crippen LogP contribution >= 0.6 is 0 Å². The van der Waals surface area contributed by atoms with Crippen LogP contribution in [-0.4, -0.2) is 35.0 Å². The molecule has 0 aliphatic heterocycles. The first kappa shape index (κ1) is 12.9. The summed E-state index contributed by atoms with van der Waals surface area (Å²) < 4.78 is 0. The molecule has 0 aromatic heterocycles. The predicted octanol–water partition coefficient (Wildman–Crippen LogP) is 0.754. The highest BCUT2D eigenvalue weighted by atomic mass is 16.3. The van der Waals surface area contributed by atoms with Crippen LogP contribution in [0.3, 0.4) is 0 Å². The van der Waals surface area contributed by atoms with Crippen LogP contribution in [0.25, 0.3) is 0 Å². The fourth-order valence-electron chi connectivity index (χ4n) is 0.893. The zero-order valence-corrected chi connectivity index (χ0v) is 9.17. The normalized spacial score (nSPS) is 18.7. The van der Waals surface area contributed by atoms with Gasteiger partial charge in [-0.1, -0.05) is 20.8 Å². The van der Waals surface area contributed by atoms with Gasteiger partial charge in [0.05, 0.1) is 12.2 Å². The Kier molecular flexibility index (Phi) is 5.53. The van der Waals surface area contributed by atoms with Gasteiger partial charge in [-0.25, -0.2) is 0 Å². The lowest BCUT2D eigenvalue weighted by Gasteiger charge is -2.29. The highest BCUT2D eigenvalue weighted by molar-refractivity contribution is 4.80. The van der Waals surface area contributed by atoms with Crippen molar-refractivity contribution in [3.8, 4) is 0 Å². The summed E-state index contributed by atoms with van der Waals surface area (Å²) in [5.41, 5.74) is -0.692. The van der Waals surface area contributed by atoms with Crippen molar-refractivity contribution in [2.45, 2.75) is 45.8 Å². The van der Waals surface area contributed by atoms with Gasteiger partial charge in [0.25, 0.3) is 0 Å². The first-order valence-electron chi connectivity index (χ1n) is 5.00. The molecular weight excluding hydrogens is 166 g/mol. The van der Waals surface area contributed by atoms with Gasteiger partial charge in [-0.2, -0.15) is 0 Å². The number of rotatable bonds is 6. The predicted molar refractivity (Wildman–Crippen MR) is 54.6 cm³/mol. The molecule has 3 nitrogen and oxygen atoms in total. The number of hydrogen-bond donors (Lipinski definition) is 3. The monoisotopic (exact) mass is 189 g/mol. The molecule has 80 valence electrons. The Morgan fingerprint density at radius 1 is 1.38 bits per heavy atom. The van der Waals surface area contributed by atoms with Gasteiger partial charge < -0.3 is 15.5 Å². The van der Waals surface area contributed by atoms with E-state index in [0.717, 1.165) is 6.42 Å². The number of nitrogens with one attached hydrogen (secondary N) is 1. The summed E-state index contributed by atoms with van der Waals surface area (Å²) in [5.74, 6) is 0.219. The van der Waals surface area contributed by atoms with Crippen molar-refractivity contribution < 1.29 is 10.2 Å². The minimum Gasteiger partial charge on any atom is -0.395 e. The molecule has 0 aliphatic rings. The number of aliphatic hydroxyl groups excluding tert-OH is 1. The van der Waals surface area contributed by atoms with Crippen molar-refractivity contribution in [1.82, 2.24) is 5.32 Å². The Morgan fingerprint density at radius 2 is 1.92 bits per heavy atom. The topological polar surface area (TPSA) is 52.5 Å². The maximum atomic E-state index is 9.89. The fourth-order valence-corrected chi connectivity index (χ4v) is 0.893. The Labute approximate surface area is 81.2 Å². The van der Waals surface area contributed by atoms with E-state index in [1.165, 1.54) is 0 Å². The van der Waals surface area contributed by atoms with Crippen LogP contribution < -0.4 is 5.32 Å². The maximum absolute atomic E-state index is 9.89. The van der Waals surface area contributed by atoms with E-state index >= 15 is 0 Å². The lowest BCUT2D eigenvalue weighted by Crippen LogP contribution is -2.46. The average Bonchev–Trinajstić information content (AvgIpc) is 2.06. The molecule has 3 heteroatoms. The molecule has 2 atom stereocenters. The van der Waals surface area contributed by atoms with Gasteiger partial charge in [0.1, 0.15) is 0 Å². The molecule has 2 unspecified atom stereocenters. The first-order chi connectivity index (χ1) is 5.94. The van der Waals surface area contributed by atoms with E-state index in [1.54, 1.807) is 0 Å². The molecule has 0 rings (SSSR count). The standard InChI is InChI=1S/C10H23NO2/c1-5-9(6-12)11-7-10(4,13)8(2)3/h8-9,11-13H,5-7H2,1-4H3. The van der Waals surface area contributed by atoms with Crippen LogP contribution in [-0.2, 0) is 0 Å². The summed E-state index contributed by atoms with van der Waals surface area (Å²) in [6.45, 7) is 8.46. The van der Waals surface area contributed by atoms with E-state index in [9.17, 15) is 5.11 Å². The third kappa shape index (κ3) is 4.60. The van der Waals surface area contributed by atoms with Crippen LogP contribution in [0.1, 0.15) is 34.1 Å². The highest BCUT2D eigenvalue weighted by Crippen LogP contribution is 2.14. The van der Waals surface area contributed by atoms with Gasteiger partial charge in [0, 0.05) is 12.6 Å². The minimum atomic E-state index is -0.692. The van der Waals surface area contributed by atoms with E-state index in [1.807, 2.05) is 27.7 Å². The van der Waals surface area contributed by atoms with Crippen LogP contribution in [0.2, 0.25) is 0 Å². The maximum Gasteiger partial charge on any atom is 0.0766 e. The molecule has 0 spiro atoms. The second kappa shape index (κ2) is 5.58. The molecule has 0 amide bonds. The molecule has 0 aromatic rings. The van der Waals surface area contributed by atoms with E-state index < -0.39 is 5.60 Å². The number of aliphatic hydroxyl groups is 2. The van der Waals surface area contributed by atoms with E-state index in [4.69, 9.17) is 5.11 Å². The first-order valence-corrected chi connectivity index (χ1v) is 5.00. The van der Waals surface area contributed by atoms with Crippen molar-refractivity contribution >= 4 is 0 Å². The molecule has 0 saturated carbocycles. The van der Waals surface area contributed by atoms with Crippen LogP contribution in [0.15, 0.2) is 0 Å². The fraction of sp³-hybridized carbons (Fsp3) is 1.00. The summed E-state index contributed by atoms with van der Waals surface area (Å²) >= 11 is 0. The van der Waals surface area contributed by atoms with Crippen molar-refractivity contribution in [3.63, 3.8) is 0 Å². The smallest absolute Gasteiger partial charge is 0.0766 e. The summed E-state index contributed by atoms with van der Waals surface area (Å²) in [6, 6.07) is 0.102. The lowest BCUT2D eigenvalue weighted by atomic mass is 9.92. The molecular formula is C10H23NO2. The molecule has 0 saturated heterocycles. The molecule has 3 N–H and O–H groups in total. The van der Waals surface area contributed by atoms with E-state index in [-0.39, 0.29) is 18.6 Å². The largest absolute Gasteiger partial charge is 0.395 e. The van der Waals surface area contributed by atoms with E-state index in [0.29, 0.717) is 6.54 Å². The van der Waals surface area contributed by atoms with Crippen LogP contribution in [0, 0.1) is 5.92 Å². The molecule has 0 fully saturated rings. The van der Waals surface area contributed by atoms with Gasteiger partial charge in [-0.3, -0.25) is 0 Å². The lowest BCUT2D eigenvalue weighted by molar-refractivity contribution is 0.00994. The molecule has 13 heavy (non-hydrogen) atoms. The zero-order chi connectivity index (χ0) is 10.5. The quantitative estimate of drug-likeness (QED) is 0.578.